The van der Waals surface area contributed by atoms with Crippen LogP contribution in [0.5, 0.6) is 0 Å². The van der Waals surface area contributed by atoms with Gasteiger partial charge in [-0.15, -0.1) is 0 Å². The van der Waals surface area contributed by atoms with Crippen LogP contribution in [0, 0.1) is 0 Å². The second-order valence-electron chi connectivity index (χ2n) is 7.21. The van der Waals surface area contributed by atoms with E-state index in [1.165, 1.54) is 0 Å². The number of aryl methyl sites for hydroxylation is 1. The Morgan fingerprint density at radius 1 is 1.31 bits per heavy atom. The number of carbonyl (C=O) groups is 2. The molecule has 6 heteroatoms. The van der Waals surface area contributed by atoms with Crippen LogP contribution in [0.4, 0.5) is 0 Å². The molecule has 2 aliphatic heterocycles. The SMILES string of the molecule is Cn1ccnc1[C@@H]1CCCN(C(=O)CCN2Cc3ccccc3C2=O)C1. The van der Waals surface area contributed by atoms with E-state index in [9.17, 15) is 9.59 Å². The van der Waals surface area contributed by atoms with Crippen LogP contribution >= 0.6 is 0 Å². The molecular weight excluding hydrogens is 328 g/mol. The molecule has 6 nitrogen and oxygen atoms in total. The third-order valence-electron chi connectivity index (χ3n) is 5.49. The van der Waals surface area contributed by atoms with E-state index >= 15 is 0 Å². The lowest BCUT2D eigenvalue weighted by atomic mass is 9.97. The van der Waals surface area contributed by atoms with Gasteiger partial charge in [0.1, 0.15) is 5.82 Å². The molecule has 2 aliphatic rings. The fraction of sp³-hybridized carbons (Fsp3) is 0.450. The zero-order valence-electron chi connectivity index (χ0n) is 15.1. The lowest BCUT2D eigenvalue weighted by molar-refractivity contribution is -0.132. The number of fused-ring (bicyclic) bond motifs is 1. The monoisotopic (exact) mass is 352 g/mol. The van der Waals surface area contributed by atoms with Crippen LogP contribution in [-0.4, -0.2) is 50.8 Å². The zero-order valence-corrected chi connectivity index (χ0v) is 15.1. The molecule has 0 spiro atoms. The van der Waals surface area contributed by atoms with Crippen molar-refractivity contribution < 1.29 is 9.59 Å². The molecule has 2 aromatic rings. The summed E-state index contributed by atoms with van der Waals surface area (Å²) in [5.74, 6) is 1.52. The molecule has 26 heavy (non-hydrogen) atoms. The standard InChI is InChI=1S/C20H24N4O2/c1-22-12-9-21-19(22)16-6-4-10-23(14-16)18(25)8-11-24-13-15-5-2-3-7-17(15)20(24)26/h2-3,5,7,9,12,16H,4,6,8,10-11,13-14H2,1H3/t16-/m1/s1. The molecule has 0 saturated carbocycles. The third kappa shape index (κ3) is 3.11. The van der Waals surface area contributed by atoms with E-state index in [4.69, 9.17) is 0 Å². The smallest absolute Gasteiger partial charge is 0.254 e. The third-order valence-corrected chi connectivity index (χ3v) is 5.49. The highest BCUT2D eigenvalue weighted by Gasteiger charge is 2.29. The highest BCUT2D eigenvalue weighted by molar-refractivity contribution is 5.98. The number of benzene rings is 1. The number of piperidine rings is 1. The predicted octanol–water partition coefficient (Wildman–Crippen LogP) is 2.17. The molecule has 1 atom stereocenters. The highest BCUT2D eigenvalue weighted by Crippen LogP contribution is 2.26. The van der Waals surface area contributed by atoms with E-state index in [1.807, 2.05) is 53.2 Å². The molecule has 136 valence electrons. The van der Waals surface area contributed by atoms with Gasteiger partial charge in [-0.25, -0.2) is 4.98 Å². The van der Waals surface area contributed by atoms with Gasteiger partial charge in [0.2, 0.25) is 5.91 Å². The molecule has 1 aromatic heterocycles. The number of carbonyl (C=O) groups excluding carboxylic acids is 2. The normalized spacial score (nSPS) is 19.7. The first-order valence-corrected chi connectivity index (χ1v) is 9.25. The van der Waals surface area contributed by atoms with Gasteiger partial charge in [0.25, 0.3) is 5.91 Å². The Morgan fingerprint density at radius 2 is 2.15 bits per heavy atom. The van der Waals surface area contributed by atoms with Crippen LogP contribution in [0.15, 0.2) is 36.7 Å². The lowest BCUT2D eigenvalue weighted by Gasteiger charge is -2.33. The molecule has 3 heterocycles. The quantitative estimate of drug-likeness (QED) is 0.847. The van der Waals surface area contributed by atoms with Crippen molar-refractivity contribution in [3.63, 3.8) is 0 Å². The Kier molecular flexibility index (Phi) is 4.49. The summed E-state index contributed by atoms with van der Waals surface area (Å²) < 4.78 is 2.04. The van der Waals surface area contributed by atoms with Crippen molar-refractivity contribution >= 4 is 11.8 Å². The first-order valence-electron chi connectivity index (χ1n) is 9.25. The molecule has 0 bridgehead atoms. The average Bonchev–Trinajstić information content (AvgIpc) is 3.23. The number of hydrogen-bond donors (Lipinski definition) is 0. The predicted molar refractivity (Wildman–Crippen MR) is 97.6 cm³/mol. The number of hydrogen-bond acceptors (Lipinski definition) is 3. The van der Waals surface area contributed by atoms with E-state index in [2.05, 4.69) is 4.98 Å². The minimum atomic E-state index is 0.0398. The summed E-state index contributed by atoms with van der Waals surface area (Å²) in [5.41, 5.74) is 1.82. The van der Waals surface area contributed by atoms with Gasteiger partial charge in [-0.3, -0.25) is 9.59 Å². The van der Waals surface area contributed by atoms with Crippen LogP contribution in [0.3, 0.4) is 0 Å². The highest BCUT2D eigenvalue weighted by atomic mass is 16.2. The molecular formula is C20H24N4O2. The van der Waals surface area contributed by atoms with Crippen molar-refractivity contribution in [3.8, 4) is 0 Å². The van der Waals surface area contributed by atoms with Gasteiger partial charge in [-0.05, 0) is 24.5 Å². The van der Waals surface area contributed by atoms with Crippen molar-refractivity contribution in [1.82, 2.24) is 19.4 Å². The molecule has 1 saturated heterocycles. The molecule has 2 amide bonds. The maximum atomic E-state index is 12.7. The summed E-state index contributed by atoms with van der Waals surface area (Å²) in [6.45, 7) is 2.61. The van der Waals surface area contributed by atoms with E-state index in [1.54, 1.807) is 4.90 Å². The molecule has 0 radical (unpaired) electrons. The minimum absolute atomic E-state index is 0.0398. The Bertz CT molecular complexity index is 829. The van der Waals surface area contributed by atoms with Crippen LogP contribution in [-0.2, 0) is 18.4 Å². The molecule has 0 unspecified atom stereocenters. The van der Waals surface area contributed by atoms with E-state index < -0.39 is 0 Å². The summed E-state index contributed by atoms with van der Waals surface area (Å²) in [5, 5.41) is 0. The summed E-state index contributed by atoms with van der Waals surface area (Å²) in [6.07, 6.45) is 6.21. The van der Waals surface area contributed by atoms with Gasteiger partial charge >= 0.3 is 0 Å². The van der Waals surface area contributed by atoms with Gasteiger partial charge < -0.3 is 14.4 Å². The summed E-state index contributed by atoms with van der Waals surface area (Å²) >= 11 is 0. The summed E-state index contributed by atoms with van der Waals surface area (Å²) in [4.78, 5) is 33.3. The zero-order chi connectivity index (χ0) is 18.1. The van der Waals surface area contributed by atoms with Crippen molar-refractivity contribution in [1.29, 1.82) is 0 Å². The maximum absolute atomic E-state index is 12.7. The second kappa shape index (κ2) is 6.94. The van der Waals surface area contributed by atoms with E-state index in [-0.39, 0.29) is 11.8 Å². The van der Waals surface area contributed by atoms with Gasteiger partial charge in [0.15, 0.2) is 0 Å². The summed E-state index contributed by atoms with van der Waals surface area (Å²) in [7, 11) is 2.00. The number of nitrogens with zero attached hydrogens (tertiary/aromatic N) is 4. The first-order chi connectivity index (χ1) is 12.6. The van der Waals surface area contributed by atoms with Crippen molar-refractivity contribution in [2.75, 3.05) is 19.6 Å². The maximum Gasteiger partial charge on any atom is 0.254 e. The van der Waals surface area contributed by atoms with Gasteiger partial charge in [-0.1, -0.05) is 18.2 Å². The number of amides is 2. The number of rotatable bonds is 4. The Hall–Kier alpha value is -2.63. The van der Waals surface area contributed by atoms with E-state index in [0.717, 1.165) is 42.9 Å². The summed E-state index contributed by atoms with van der Waals surface area (Å²) in [6, 6.07) is 7.68. The number of aromatic nitrogens is 2. The topological polar surface area (TPSA) is 58.4 Å². The Morgan fingerprint density at radius 3 is 2.92 bits per heavy atom. The lowest BCUT2D eigenvalue weighted by Crippen LogP contribution is -2.41. The molecule has 0 N–H and O–H groups in total. The molecule has 1 fully saturated rings. The Labute approximate surface area is 153 Å². The van der Waals surface area contributed by atoms with Crippen LogP contribution in [0.1, 0.15) is 46.9 Å². The molecule has 1 aromatic carbocycles. The first kappa shape index (κ1) is 16.8. The van der Waals surface area contributed by atoms with Gasteiger partial charge in [0.05, 0.1) is 0 Å². The van der Waals surface area contributed by atoms with Gasteiger partial charge in [-0.2, -0.15) is 0 Å². The van der Waals surface area contributed by atoms with Gasteiger partial charge in [0, 0.05) is 63.5 Å². The van der Waals surface area contributed by atoms with Crippen LogP contribution in [0.2, 0.25) is 0 Å². The Balaban J connectivity index is 1.34. The average molecular weight is 352 g/mol. The van der Waals surface area contributed by atoms with Crippen molar-refractivity contribution in [2.24, 2.45) is 7.05 Å². The number of likely N-dealkylation sites (tertiary alicyclic amines) is 1. The molecule has 4 rings (SSSR count). The fourth-order valence-electron chi connectivity index (χ4n) is 4.07. The van der Waals surface area contributed by atoms with Crippen molar-refractivity contribution in [2.45, 2.75) is 31.7 Å². The molecule has 0 aliphatic carbocycles. The van der Waals surface area contributed by atoms with E-state index in [0.29, 0.717) is 25.4 Å². The van der Waals surface area contributed by atoms with Crippen LogP contribution < -0.4 is 0 Å². The van der Waals surface area contributed by atoms with Crippen molar-refractivity contribution in [3.05, 3.63) is 53.6 Å². The van der Waals surface area contributed by atoms with Crippen LogP contribution in [0.25, 0.3) is 0 Å². The number of imidazole rings is 1. The minimum Gasteiger partial charge on any atom is -0.342 e. The largest absolute Gasteiger partial charge is 0.342 e. The second-order valence-corrected chi connectivity index (χ2v) is 7.21. The fourth-order valence-corrected chi connectivity index (χ4v) is 4.07.